The van der Waals surface area contributed by atoms with Crippen LogP contribution in [0.2, 0.25) is 0 Å². The number of esters is 1. The van der Waals surface area contributed by atoms with Crippen molar-refractivity contribution in [1.29, 1.82) is 0 Å². The third kappa shape index (κ3) is 3.74. The van der Waals surface area contributed by atoms with Gasteiger partial charge < -0.3 is 4.74 Å². The minimum Gasteiger partial charge on any atom is -0.467 e. The first-order valence-corrected chi connectivity index (χ1v) is 6.79. The van der Waals surface area contributed by atoms with E-state index in [9.17, 15) is 4.79 Å². The van der Waals surface area contributed by atoms with Gasteiger partial charge in [0.1, 0.15) is 5.54 Å². The minimum absolute atomic E-state index is 0.271. The van der Waals surface area contributed by atoms with Gasteiger partial charge >= 0.3 is 5.97 Å². The molecule has 1 aromatic rings. The molecule has 0 saturated carbocycles. The van der Waals surface area contributed by atoms with Crippen LogP contribution in [-0.2, 0) is 15.1 Å². The number of carbonyl (C=O) groups excluding carboxylic acids is 1. The fourth-order valence-electron chi connectivity index (χ4n) is 2.84. The molecule has 0 heterocycles. The summed E-state index contributed by atoms with van der Waals surface area (Å²) in [4.78, 5) is 15.0. The predicted molar refractivity (Wildman–Crippen MR) is 82.0 cm³/mol. The standard InChI is InChI=1S/C15H22N4O2/c1-10-8-11(2)13(12(3)9-10)15(4,14(20)21-5)17-6-7-18-19-16/h8-9,17H,6-7H2,1-5H3. The van der Waals surface area contributed by atoms with Gasteiger partial charge in [-0.2, -0.15) is 0 Å². The molecule has 0 aromatic heterocycles. The number of hydrogen-bond donors (Lipinski definition) is 1. The summed E-state index contributed by atoms with van der Waals surface area (Å²) < 4.78 is 4.96. The van der Waals surface area contributed by atoms with Crippen LogP contribution in [0, 0.1) is 20.8 Å². The topological polar surface area (TPSA) is 87.1 Å². The molecule has 1 N–H and O–H groups in total. The third-order valence-electron chi connectivity index (χ3n) is 3.52. The summed E-state index contributed by atoms with van der Waals surface area (Å²) in [7, 11) is 1.37. The Morgan fingerprint density at radius 1 is 1.38 bits per heavy atom. The number of ether oxygens (including phenoxy) is 1. The summed E-state index contributed by atoms with van der Waals surface area (Å²) in [5, 5.41) is 6.64. The summed E-state index contributed by atoms with van der Waals surface area (Å²) >= 11 is 0. The van der Waals surface area contributed by atoms with E-state index in [0.29, 0.717) is 6.54 Å². The van der Waals surface area contributed by atoms with Crippen molar-refractivity contribution < 1.29 is 9.53 Å². The Hall–Kier alpha value is -2.04. The van der Waals surface area contributed by atoms with Crippen molar-refractivity contribution in [3.63, 3.8) is 0 Å². The first-order chi connectivity index (χ1) is 9.86. The summed E-state index contributed by atoms with van der Waals surface area (Å²) in [6, 6.07) is 4.08. The number of rotatable bonds is 6. The maximum absolute atomic E-state index is 12.3. The lowest BCUT2D eigenvalue weighted by Crippen LogP contribution is -2.49. The molecule has 114 valence electrons. The highest BCUT2D eigenvalue weighted by molar-refractivity contribution is 5.83. The molecule has 0 spiro atoms. The Labute approximate surface area is 125 Å². The highest BCUT2D eigenvalue weighted by Gasteiger charge is 2.38. The Bertz CT molecular complexity index is 556. The SMILES string of the molecule is COC(=O)C(C)(NCCN=[N+]=[N-])c1c(C)cc(C)cc1C. The molecule has 0 saturated heterocycles. The van der Waals surface area contributed by atoms with Crippen LogP contribution in [0.3, 0.4) is 0 Å². The van der Waals surface area contributed by atoms with Gasteiger partial charge in [-0.25, -0.2) is 4.79 Å². The predicted octanol–water partition coefficient (Wildman–Crippen LogP) is 2.90. The number of aryl methyl sites for hydroxylation is 3. The van der Waals surface area contributed by atoms with E-state index in [4.69, 9.17) is 10.3 Å². The smallest absolute Gasteiger partial charge is 0.330 e. The van der Waals surface area contributed by atoms with Crippen LogP contribution in [0.5, 0.6) is 0 Å². The fourth-order valence-corrected chi connectivity index (χ4v) is 2.84. The zero-order chi connectivity index (χ0) is 16.0. The molecular weight excluding hydrogens is 268 g/mol. The quantitative estimate of drug-likeness (QED) is 0.287. The number of methoxy groups -OCH3 is 1. The van der Waals surface area contributed by atoms with Gasteiger partial charge in [0.15, 0.2) is 0 Å². The molecule has 1 atom stereocenters. The van der Waals surface area contributed by atoms with Gasteiger partial charge in [0, 0.05) is 18.0 Å². The Morgan fingerprint density at radius 2 is 1.95 bits per heavy atom. The van der Waals surface area contributed by atoms with E-state index < -0.39 is 5.54 Å². The second-order valence-electron chi connectivity index (χ2n) is 5.27. The lowest BCUT2D eigenvalue weighted by Gasteiger charge is -2.31. The molecule has 0 aliphatic rings. The first-order valence-electron chi connectivity index (χ1n) is 6.79. The van der Waals surface area contributed by atoms with E-state index >= 15 is 0 Å². The first kappa shape index (κ1) is 17.0. The van der Waals surface area contributed by atoms with Gasteiger partial charge in [-0.1, -0.05) is 22.8 Å². The van der Waals surface area contributed by atoms with Crippen molar-refractivity contribution in [3.05, 3.63) is 44.8 Å². The zero-order valence-corrected chi connectivity index (χ0v) is 13.2. The van der Waals surface area contributed by atoms with Crippen molar-refractivity contribution in [1.82, 2.24) is 5.32 Å². The van der Waals surface area contributed by atoms with E-state index in [0.717, 1.165) is 22.3 Å². The lowest BCUT2D eigenvalue weighted by atomic mass is 9.84. The van der Waals surface area contributed by atoms with Crippen LogP contribution >= 0.6 is 0 Å². The molecule has 0 aliphatic carbocycles. The van der Waals surface area contributed by atoms with Crippen molar-refractivity contribution in [2.24, 2.45) is 5.11 Å². The molecule has 0 aliphatic heterocycles. The van der Waals surface area contributed by atoms with Gasteiger partial charge in [-0.05, 0) is 49.9 Å². The fraction of sp³-hybridized carbons (Fsp3) is 0.533. The summed E-state index contributed by atoms with van der Waals surface area (Å²) in [6.45, 7) is 8.43. The van der Waals surface area contributed by atoms with Gasteiger partial charge in [0.05, 0.1) is 7.11 Å². The van der Waals surface area contributed by atoms with Crippen LogP contribution in [-0.4, -0.2) is 26.2 Å². The molecule has 6 nitrogen and oxygen atoms in total. The molecule has 1 rings (SSSR count). The monoisotopic (exact) mass is 290 g/mol. The number of azide groups is 1. The summed E-state index contributed by atoms with van der Waals surface area (Å²) in [5.41, 5.74) is 11.5. The lowest BCUT2D eigenvalue weighted by molar-refractivity contribution is -0.148. The summed E-state index contributed by atoms with van der Waals surface area (Å²) in [5.74, 6) is -0.363. The largest absolute Gasteiger partial charge is 0.467 e. The summed E-state index contributed by atoms with van der Waals surface area (Å²) in [6.07, 6.45) is 0. The Balaban J connectivity index is 3.24. The average Bonchev–Trinajstić information content (AvgIpc) is 2.41. The van der Waals surface area contributed by atoms with E-state index in [2.05, 4.69) is 15.3 Å². The Morgan fingerprint density at radius 3 is 2.43 bits per heavy atom. The van der Waals surface area contributed by atoms with Crippen LogP contribution in [0.4, 0.5) is 0 Å². The highest BCUT2D eigenvalue weighted by atomic mass is 16.5. The van der Waals surface area contributed by atoms with Gasteiger partial charge in [-0.3, -0.25) is 5.32 Å². The third-order valence-corrected chi connectivity index (χ3v) is 3.52. The van der Waals surface area contributed by atoms with E-state index in [-0.39, 0.29) is 12.5 Å². The molecule has 1 unspecified atom stereocenters. The average molecular weight is 290 g/mol. The van der Waals surface area contributed by atoms with Crippen LogP contribution in [0.1, 0.15) is 29.2 Å². The molecular formula is C15H22N4O2. The number of carbonyl (C=O) groups is 1. The van der Waals surface area contributed by atoms with Gasteiger partial charge in [0.25, 0.3) is 0 Å². The van der Waals surface area contributed by atoms with Crippen LogP contribution < -0.4 is 5.32 Å². The number of nitrogens with zero attached hydrogens (tertiary/aromatic N) is 3. The van der Waals surface area contributed by atoms with E-state index in [1.54, 1.807) is 6.92 Å². The molecule has 0 radical (unpaired) electrons. The Kier molecular flexibility index (Phi) is 5.76. The number of hydrogen-bond acceptors (Lipinski definition) is 4. The second kappa shape index (κ2) is 7.11. The van der Waals surface area contributed by atoms with Crippen LogP contribution in [0.25, 0.3) is 10.4 Å². The minimum atomic E-state index is -0.971. The van der Waals surface area contributed by atoms with Crippen molar-refractivity contribution in [2.75, 3.05) is 20.2 Å². The molecule has 0 fully saturated rings. The van der Waals surface area contributed by atoms with E-state index in [1.165, 1.54) is 7.11 Å². The number of benzene rings is 1. The molecule has 21 heavy (non-hydrogen) atoms. The molecule has 6 heteroatoms. The van der Waals surface area contributed by atoms with Crippen molar-refractivity contribution in [2.45, 2.75) is 33.2 Å². The van der Waals surface area contributed by atoms with E-state index in [1.807, 2.05) is 32.9 Å². The molecule has 1 aromatic carbocycles. The van der Waals surface area contributed by atoms with Gasteiger partial charge in [0.2, 0.25) is 0 Å². The maximum atomic E-state index is 12.3. The van der Waals surface area contributed by atoms with Gasteiger partial charge in [-0.15, -0.1) is 0 Å². The second-order valence-corrected chi connectivity index (χ2v) is 5.27. The van der Waals surface area contributed by atoms with Crippen molar-refractivity contribution >= 4 is 5.97 Å². The number of nitrogens with one attached hydrogen (secondary N) is 1. The highest BCUT2D eigenvalue weighted by Crippen LogP contribution is 2.29. The molecule has 0 bridgehead atoms. The molecule has 0 amide bonds. The zero-order valence-electron chi connectivity index (χ0n) is 13.2. The maximum Gasteiger partial charge on any atom is 0.330 e. The normalized spacial score (nSPS) is 13.2. The van der Waals surface area contributed by atoms with Crippen molar-refractivity contribution in [3.8, 4) is 0 Å². The van der Waals surface area contributed by atoms with Crippen LogP contribution in [0.15, 0.2) is 17.2 Å².